The smallest absolute Gasteiger partial charge is 0.142 e. The largest absolute Gasteiger partial charge is 0.370 e. The first-order valence-corrected chi connectivity index (χ1v) is 8.60. The second kappa shape index (κ2) is 7.21. The van der Waals surface area contributed by atoms with Crippen molar-refractivity contribution < 1.29 is 4.39 Å². The van der Waals surface area contributed by atoms with Crippen LogP contribution in [0, 0.1) is 18.7 Å². The Kier molecular flexibility index (Phi) is 5.23. The van der Waals surface area contributed by atoms with Gasteiger partial charge in [0.1, 0.15) is 22.6 Å². The van der Waals surface area contributed by atoms with Gasteiger partial charge in [-0.2, -0.15) is 0 Å². The molecule has 2 unspecified atom stereocenters. The summed E-state index contributed by atoms with van der Waals surface area (Å²) in [7, 11) is 2.06. The minimum atomic E-state index is -0.376. The maximum Gasteiger partial charge on any atom is 0.142 e. The molecule has 128 valence electrons. The number of benzene rings is 1. The molecule has 0 spiro atoms. The third-order valence-corrected chi connectivity index (χ3v) is 4.91. The molecule has 0 aliphatic carbocycles. The van der Waals surface area contributed by atoms with Crippen molar-refractivity contribution in [3.05, 3.63) is 51.6 Å². The van der Waals surface area contributed by atoms with Crippen molar-refractivity contribution in [1.29, 1.82) is 0 Å². The highest BCUT2D eigenvalue weighted by Gasteiger charge is 2.33. The minimum absolute atomic E-state index is 0.141. The average molecular weight is 369 g/mol. The van der Waals surface area contributed by atoms with E-state index in [0.29, 0.717) is 22.7 Å². The highest BCUT2D eigenvalue weighted by molar-refractivity contribution is 6.30. The van der Waals surface area contributed by atoms with Crippen molar-refractivity contribution in [1.82, 2.24) is 14.9 Å². The van der Waals surface area contributed by atoms with Crippen molar-refractivity contribution >= 4 is 29.0 Å². The Morgan fingerprint density at radius 1 is 1.29 bits per heavy atom. The summed E-state index contributed by atoms with van der Waals surface area (Å²) < 4.78 is 13.8. The number of aromatic nitrogens is 2. The average Bonchev–Trinajstić information content (AvgIpc) is 2.88. The summed E-state index contributed by atoms with van der Waals surface area (Å²) in [5.41, 5.74) is 0.945. The van der Waals surface area contributed by atoms with Crippen LogP contribution in [-0.2, 0) is 0 Å². The number of aryl methyl sites for hydroxylation is 1. The zero-order valence-electron chi connectivity index (χ0n) is 13.6. The van der Waals surface area contributed by atoms with Gasteiger partial charge in [0.05, 0.1) is 5.02 Å². The first-order valence-electron chi connectivity index (χ1n) is 7.84. The molecule has 1 N–H and O–H groups in total. The van der Waals surface area contributed by atoms with Gasteiger partial charge in [-0.1, -0.05) is 29.3 Å². The molecule has 2 heterocycles. The molecular weight excluding hydrogens is 350 g/mol. The van der Waals surface area contributed by atoms with E-state index < -0.39 is 0 Å². The van der Waals surface area contributed by atoms with Gasteiger partial charge in [0.2, 0.25) is 0 Å². The molecule has 0 radical (unpaired) electrons. The van der Waals surface area contributed by atoms with E-state index in [1.54, 1.807) is 19.1 Å². The maximum absolute atomic E-state index is 13.8. The molecule has 0 bridgehead atoms. The molecule has 4 nitrogen and oxygen atoms in total. The summed E-state index contributed by atoms with van der Waals surface area (Å²) in [4.78, 5) is 10.6. The van der Waals surface area contributed by atoms with Crippen molar-refractivity contribution in [2.45, 2.75) is 19.4 Å². The summed E-state index contributed by atoms with van der Waals surface area (Å²) in [6.45, 7) is 3.50. The van der Waals surface area contributed by atoms with Crippen LogP contribution in [0.3, 0.4) is 0 Å². The molecule has 1 fully saturated rings. The van der Waals surface area contributed by atoms with Gasteiger partial charge in [0.15, 0.2) is 0 Å². The van der Waals surface area contributed by atoms with Gasteiger partial charge in [-0.25, -0.2) is 14.4 Å². The normalized spacial score (nSPS) is 21.2. The number of likely N-dealkylation sites (tertiary alicyclic amines) is 1. The predicted molar refractivity (Wildman–Crippen MR) is 95.2 cm³/mol. The molecule has 1 aromatic heterocycles. The zero-order valence-corrected chi connectivity index (χ0v) is 15.1. The Morgan fingerprint density at radius 3 is 2.79 bits per heavy atom. The van der Waals surface area contributed by atoms with Gasteiger partial charge in [-0.05, 0) is 50.6 Å². The lowest BCUT2D eigenvalue weighted by Gasteiger charge is -2.26. The number of hydrogen-bond acceptors (Lipinski definition) is 4. The first kappa shape index (κ1) is 17.4. The van der Waals surface area contributed by atoms with Gasteiger partial charge in [-0.3, -0.25) is 4.90 Å². The lowest BCUT2D eigenvalue weighted by Crippen LogP contribution is -2.25. The van der Waals surface area contributed by atoms with Crippen molar-refractivity contribution in [2.24, 2.45) is 5.92 Å². The van der Waals surface area contributed by atoms with Gasteiger partial charge < -0.3 is 5.32 Å². The van der Waals surface area contributed by atoms with Gasteiger partial charge in [0, 0.05) is 18.7 Å². The molecule has 2 aromatic rings. The highest BCUT2D eigenvalue weighted by Crippen LogP contribution is 2.37. The van der Waals surface area contributed by atoms with Crippen LogP contribution < -0.4 is 5.32 Å². The molecule has 2 atom stereocenters. The Hall–Kier alpha value is -1.43. The number of nitrogens with zero attached hydrogens (tertiary/aromatic N) is 3. The van der Waals surface area contributed by atoms with E-state index in [4.69, 9.17) is 23.2 Å². The summed E-state index contributed by atoms with van der Waals surface area (Å²) >= 11 is 11.8. The van der Waals surface area contributed by atoms with E-state index in [2.05, 4.69) is 27.2 Å². The molecule has 3 rings (SSSR count). The fraction of sp³-hybridized carbons (Fsp3) is 0.412. The van der Waals surface area contributed by atoms with E-state index in [1.807, 2.05) is 6.07 Å². The van der Waals surface area contributed by atoms with Gasteiger partial charge in [0.25, 0.3) is 0 Å². The summed E-state index contributed by atoms with van der Waals surface area (Å²) in [6, 6.07) is 6.91. The summed E-state index contributed by atoms with van der Waals surface area (Å²) in [5, 5.41) is 3.91. The van der Waals surface area contributed by atoms with E-state index in [1.165, 1.54) is 6.07 Å². The SMILES string of the molecule is Cc1nc(Cl)cc(NCC2CCN(C)C2c2ccc(Cl)c(F)c2)n1. The molecule has 1 aromatic carbocycles. The number of nitrogens with one attached hydrogen (secondary N) is 1. The van der Waals surface area contributed by atoms with E-state index in [9.17, 15) is 4.39 Å². The molecule has 1 aliphatic rings. The fourth-order valence-corrected chi connectivity index (χ4v) is 3.66. The predicted octanol–water partition coefficient (Wildman–Crippen LogP) is 4.34. The summed E-state index contributed by atoms with van der Waals surface area (Å²) in [6.07, 6.45) is 1.02. The topological polar surface area (TPSA) is 41.1 Å². The van der Waals surface area contributed by atoms with E-state index in [0.717, 1.165) is 25.1 Å². The second-order valence-electron chi connectivity index (χ2n) is 6.15. The van der Waals surface area contributed by atoms with Crippen LogP contribution in [0.25, 0.3) is 0 Å². The summed E-state index contributed by atoms with van der Waals surface area (Å²) in [5.74, 6) is 1.30. The Morgan fingerprint density at radius 2 is 2.08 bits per heavy atom. The molecule has 24 heavy (non-hydrogen) atoms. The van der Waals surface area contributed by atoms with E-state index in [-0.39, 0.29) is 16.9 Å². The molecule has 0 saturated carbocycles. The molecule has 0 amide bonds. The van der Waals surface area contributed by atoms with Crippen LogP contribution in [0.1, 0.15) is 23.9 Å². The van der Waals surface area contributed by atoms with Crippen LogP contribution in [0.15, 0.2) is 24.3 Å². The first-order chi connectivity index (χ1) is 11.4. The number of halogens is 3. The Bertz CT molecular complexity index is 720. The maximum atomic E-state index is 13.8. The lowest BCUT2D eigenvalue weighted by molar-refractivity contribution is 0.281. The van der Waals surface area contributed by atoms with Crippen LogP contribution in [0.4, 0.5) is 10.2 Å². The quantitative estimate of drug-likeness (QED) is 0.815. The van der Waals surface area contributed by atoms with Gasteiger partial charge >= 0.3 is 0 Å². The fourth-order valence-electron chi connectivity index (χ4n) is 3.32. The monoisotopic (exact) mass is 368 g/mol. The standard InChI is InChI=1S/C17H19Cl2FN4/c1-10-22-15(19)8-16(23-10)21-9-12-5-6-24(2)17(12)11-3-4-13(18)14(20)7-11/h3-4,7-8,12,17H,5-6,9H2,1-2H3,(H,21,22,23). The molecule has 7 heteroatoms. The van der Waals surface area contributed by atoms with Crippen molar-refractivity contribution in [3.63, 3.8) is 0 Å². The number of anilines is 1. The Labute approximate surface area is 151 Å². The molecule has 1 aliphatic heterocycles. The van der Waals surface area contributed by atoms with Crippen LogP contribution in [-0.4, -0.2) is 35.0 Å². The number of hydrogen-bond donors (Lipinski definition) is 1. The number of rotatable bonds is 4. The highest BCUT2D eigenvalue weighted by atomic mass is 35.5. The molecular formula is C17H19Cl2FN4. The molecule has 1 saturated heterocycles. The van der Waals surface area contributed by atoms with Crippen LogP contribution >= 0.6 is 23.2 Å². The van der Waals surface area contributed by atoms with Crippen molar-refractivity contribution in [3.8, 4) is 0 Å². The van der Waals surface area contributed by atoms with Crippen LogP contribution in [0.5, 0.6) is 0 Å². The zero-order chi connectivity index (χ0) is 17.3. The lowest BCUT2D eigenvalue weighted by atomic mass is 9.93. The third-order valence-electron chi connectivity index (χ3n) is 4.41. The van der Waals surface area contributed by atoms with Gasteiger partial charge in [-0.15, -0.1) is 0 Å². The minimum Gasteiger partial charge on any atom is -0.370 e. The second-order valence-corrected chi connectivity index (χ2v) is 6.95. The third kappa shape index (κ3) is 3.79. The Balaban J connectivity index is 1.75. The van der Waals surface area contributed by atoms with Crippen LogP contribution in [0.2, 0.25) is 10.2 Å². The van der Waals surface area contributed by atoms with E-state index >= 15 is 0 Å². The van der Waals surface area contributed by atoms with Crippen molar-refractivity contribution in [2.75, 3.05) is 25.5 Å².